The molecular formula is C13H17N2O2. The molecule has 1 aliphatic heterocycles. The quantitative estimate of drug-likeness (QED) is 0.868. The van der Waals surface area contributed by atoms with Crippen LogP contribution >= 0.6 is 0 Å². The lowest BCUT2D eigenvalue weighted by Crippen LogP contribution is -2.51. The summed E-state index contributed by atoms with van der Waals surface area (Å²) < 4.78 is 0. The van der Waals surface area contributed by atoms with Gasteiger partial charge in [0.05, 0.1) is 12.1 Å². The Morgan fingerprint density at radius 2 is 2.47 bits per heavy atom. The van der Waals surface area contributed by atoms with E-state index in [1.54, 1.807) is 6.20 Å². The summed E-state index contributed by atoms with van der Waals surface area (Å²) in [6.45, 7) is 2.90. The van der Waals surface area contributed by atoms with Gasteiger partial charge >= 0.3 is 5.97 Å². The number of carboxylic acids is 1. The van der Waals surface area contributed by atoms with Gasteiger partial charge in [0.1, 0.15) is 6.20 Å². The van der Waals surface area contributed by atoms with Gasteiger partial charge in [-0.25, -0.2) is 0 Å². The molecule has 1 fully saturated rings. The van der Waals surface area contributed by atoms with Crippen LogP contribution in [0, 0.1) is 6.20 Å². The molecule has 0 spiro atoms. The fourth-order valence-corrected chi connectivity index (χ4v) is 2.57. The Balaban J connectivity index is 2.26. The molecule has 1 unspecified atom stereocenters. The molecule has 1 aromatic rings. The molecular weight excluding hydrogens is 216 g/mol. The van der Waals surface area contributed by atoms with Gasteiger partial charge in [0.15, 0.2) is 0 Å². The topological polar surface area (TPSA) is 53.4 Å². The van der Waals surface area contributed by atoms with E-state index in [0.29, 0.717) is 0 Å². The number of carbonyl (C=O) groups is 1. The van der Waals surface area contributed by atoms with Crippen LogP contribution in [0.1, 0.15) is 32.6 Å². The van der Waals surface area contributed by atoms with Crippen LogP contribution in [-0.4, -0.2) is 28.1 Å². The highest BCUT2D eigenvalue weighted by atomic mass is 16.4. The molecule has 1 saturated heterocycles. The molecule has 1 aromatic heterocycles. The van der Waals surface area contributed by atoms with Gasteiger partial charge in [-0.05, 0) is 38.3 Å². The first-order valence-electron chi connectivity index (χ1n) is 5.94. The van der Waals surface area contributed by atoms with Crippen LogP contribution in [0.15, 0.2) is 18.3 Å². The first-order valence-corrected chi connectivity index (χ1v) is 5.94. The summed E-state index contributed by atoms with van der Waals surface area (Å²) in [5.74, 6) is -0.747. The smallest absolute Gasteiger partial charge is 0.305 e. The Morgan fingerprint density at radius 1 is 1.65 bits per heavy atom. The number of aliphatic carboxylic acids is 1. The van der Waals surface area contributed by atoms with Gasteiger partial charge in [-0.3, -0.25) is 9.78 Å². The third-order valence-corrected chi connectivity index (χ3v) is 3.42. The van der Waals surface area contributed by atoms with Crippen molar-refractivity contribution in [3.8, 4) is 0 Å². The lowest BCUT2D eigenvalue weighted by molar-refractivity contribution is -0.138. The van der Waals surface area contributed by atoms with Crippen molar-refractivity contribution >= 4 is 11.7 Å². The van der Waals surface area contributed by atoms with Gasteiger partial charge in [0.25, 0.3) is 0 Å². The lowest BCUT2D eigenvalue weighted by Gasteiger charge is -2.45. The second-order valence-electron chi connectivity index (χ2n) is 4.81. The maximum absolute atomic E-state index is 11.0. The van der Waals surface area contributed by atoms with E-state index < -0.39 is 5.97 Å². The van der Waals surface area contributed by atoms with Crippen molar-refractivity contribution in [1.82, 2.24) is 4.98 Å². The zero-order chi connectivity index (χ0) is 12.3. The molecule has 0 aromatic carbocycles. The van der Waals surface area contributed by atoms with Crippen molar-refractivity contribution in [2.45, 2.75) is 38.1 Å². The van der Waals surface area contributed by atoms with Gasteiger partial charge in [-0.1, -0.05) is 0 Å². The van der Waals surface area contributed by atoms with E-state index >= 15 is 0 Å². The Hall–Kier alpha value is -1.58. The first-order chi connectivity index (χ1) is 8.12. The molecule has 0 amide bonds. The van der Waals surface area contributed by atoms with Crippen LogP contribution in [0.4, 0.5) is 5.69 Å². The normalized spacial score (nSPS) is 24.6. The molecule has 4 heteroatoms. The summed E-state index contributed by atoms with van der Waals surface area (Å²) in [4.78, 5) is 17.1. The van der Waals surface area contributed by atoms with Crippen molar-refractivity contribution in [1.29, 1.82) is 0 Å². The molecule has 91 valence electrons. The minimum Gasteiger partial charge on any atom is -0.481 e. The van der Waals surface area contributed by atoms with Crippen LogP contribution in [0.2, 0.25) is 0 Å². The van der Waals surface area contributed by atoms with Crippen molar-refractivity contribution in [3.05, 3.63) is 24.5 Å². The van der Waals surface area contributed by atoms with E-state index in [-0.39, 0.29) is 12.0 Å². The van der Waals surface area contributed by atoms with Gasteiger partial charge in [-0.15, -0.1) is 0 Å². The second-order valence-corrected chi connectivity index (χ2v) is 4.81. The van der Waals surface area contributed by atoms with E-state index in [1.165, 1.54) is 0 Å². The Kier molecular flexibility index (Phi) is 3.31. The predicted octanol–water partition coefficient (Wildman–Crippen LogP) is 2.11. The summed E-state index contributed by atoms with van der Waals surface area (Å²) in [5, 5.41) is 9.04. The lowest BCUT2D eigenvalue weighted by atomic mass is 9.85. The van der Waals surface area contributed by atoms with Gasteiger partial charge < -0.3 is 10.0 Å². The highest BCUT2D eigenvalue weighted by Gasteiger charge is 2.36. The number of rotatable bonds is 3. The van der Waals surface area contributed by atoms with E-state index in [2.05, 4.69) is 16.1 Å². The number of pyridine rings is 1. The van der Waals surface area contributed by atoms with E-state index in [0.717, 1.165) is 31.5 Å². The van der Waals surface area contributed by atoms with E-state index in [9.17, 15) is 4.79 Å². The standard InChI is InChI=1S/C13H17N2O2/c1-13(9-12(16)17)6-2-3-8-15(13)11-5-4-7-14-10-11/h4-5,7H,2-3,6,8-9H2,1H3,(H,16,17). The fraction of sp³-hybridized carbons (Fsp3) is 0.538. The molecule has 0 aliphatic carbocycles. The van der Waals surface area contributed by atoms with Crippen molar-refractivity contribution in [3.63, 3.8) is 0 Å². The number of nitrogens with zero attached hydrogens (tertiary/aromatic N) is 2. The van der Waals surface area contributed by atoms with Crippen molar-refractivity contribution in [2.75, 3.05) is 11.4 Å². The van der Waals surface area contributed by atoms with Gasteiger partial charge in [0, 0.05) is 18.3 Å². The maximum Gasteiger partial charge on any atom is 0.305 e. The average Bonchev–Trinajstić information content (AvgIpc) is 2.29. The number of piperidine rings is 1. The van der Waals surface area contributed by atoms with Crippen molar-refractivity contribution in [2.24, 2.45) is 0 Å². The summed E-state index contributed by atoms with van der Waals surface area (Å²) in [6.07, 6.45) is 7.88. The van der Waals surface area contributed by atoms with Crippen LogP contribution in [0.5, 0.6) is 0 Å². The predicted molar refractivity (Wildman–Crippen MR) is 64.9 cm³/mol. The molecule has 4 nitrogen and oxygen atoms in total. The van der Waals surface area contributed by atoms with Crippen molar-refractivity contribution < 1.29 is 9.90 Å². The molecule has 1 atom stereocenters. The SMILES string of the molecule is CC1(CC(=O)O)CCCCN1c1[c]nccc1. The monoisotopic (exact) mass is 233 g/mol. The summed E-state index contributed by atoms with van der Waals surface area (Å²) in [6, 6.07) is 3.81. The van der Waals surface area contributed by atoms with Crippen LogP contribution in [-0.2, 0) is 4.79 Å². The van der Waals surface area contributed by atoms with Crippen LogP contribution < -0.4 is 4.90 Å². The fourth-order valence-electron chi connectivity index (χ4n) is 2.57. The van der Waals surface area contributed by atoms with Gasteiger partial charge in [0.2, 0.25) is 0 Å². The summed E-state index contributed by atoms with van der Waals surface area (Å²) >= 11 is 0. The average molecular weight is 233 g/mol. The molecule has 2 rings (SSSR count). The molecule has 17 heavy (non-hydrogen) atoms. The summed E-state index contributed by atoms with van der Waals surface area (Å²) in [7, 11) is 0. The molecule has 0 bridgehead atoms. The first kappa shape index (κ1) is 11.9. The van der Waals surface area contributed by atoms with Crippen LogP contribution in [0.25, 0.3) is 0 Å². The number of anilines is 1. The summed E-state index contributed by atoms with van der Waals surface area (Å²) in [5.41, 5.74) is 0.583. The van der Waals surface area contributed by atoms with E-state index in [4.69, 9.17) is 5.11 Å². The number of hydrogen-bond donors (Lipinski definition) is 1. The Labute approximate surface area is 101 Å². The number of hydrogen-bond acceptors (Lipinski definition) is 3. The zero-order valence-electron chi connectivity index (χ0n) is 10.0. The largest absolute Gasteiger partial charge is 0.481 e. The second kappa shape index (κ2) is 4.73. The molecule has 2 heterocycles. The van der Waals surface area contributed by atoms with Crippen LogP contribution in [0.3, 0.4) is 0 Å². The molecule has 1 aliphatic rings. The third-order valence-electron chi connectivity index (χ3n) is 3.42. The number of aromatic nitrogens is 1. The highest BCUT2D eigenvalue weighted by Crippen LogP contribution is 2.34. The minimum atomic E-state index is -0.747. The highest BCUT2D eigenvalue weighted by molar-refractivity contribution is 5.69. The van der Waals surface area contributed by atoms with E-state index in [1.807, 2.05) is 19.1 Å². The maximum atomic E-state index is 11.0. The Morgan fingerprint density at radius 3 is 3.12 bits per heavy atom. The minimum absolute atomic E-state index is 0.162. The Bertz CT molecular complexity index is 394. The molecule has 1 N–H and O–H groups in total. The zero-order valence-corrected chi connectivity index (χ0v) is 10.0. The molecule has 1 radical (unpaired) electrons. The van der Waals surface area contributed by atoms with Gasteiger partial charge in [-0.2, -0.15) is 0 Å². The number of carboxylic acid groups (broad SMARTS) is 1. The molecule has 0 saturated carbocycles. The third kappa shape index (κ3) is 2.57.